The Morgan fingerprint density at radius 3 is 2.65 bits per heavy atom. The van der Waals surface area contributed by atoms with Crippen LogP contribution in [-0.4, -0.2) is 31.2 Å². The smallest absolute Gasteiger partial charge is 0.228 e. The number of rotatable bonds is 7. The molecule has 1 N–H and O–H groups in total. The topological polar surface area (TPSA) is 60.5 Å². The molecule has 2 aliphatic rings. The van der Waals surface area contributed by atoms with Crippen LogP contribution < -0.4 is 10.1 Å². The molecule has 3 aromatic rings. The van der Waals surface area contributed by atoms with Gasteiger partial charge >= 0.3 is 0 Å². The summed E-state index contributed by atoms with van der Waals surface area (Å²) in [4.78, 5) is 17.4. The molecule has 0 radical (unpaired) electrons. The van der Waals surface area contributed by atoms with E-state index in [0.29, 0.717) is 24.7 Å². The molecule has 0 aliphatic heterocycles. The van der Waals surface area contributed by atoms with Crippen LogP contribution in [-0.2, 0) is 9.53 Å². The maximum Gasteiger partial charge on any atom is 0.228 e. The number of nitrogens with zero attached hydrogens (tertiary/aromatic N) is 1. The molecular weight excluding hydrogens is 431 g/mol. The number of pyridine rings is 1. The van der Waals surface area contributed by atoms with E-state index < -0.39 is 0 Å². The van der Waals surface area contributed by atoms with Crippen LogP contribution in [0.3, 0.4) is 0 Å². The number of nitrogens with one attached hydrogen (secondary N) is 1. The quantitative estimate of drug-likeness (QED) is 0.437. The van der Waals surface area contributed by atoms with E-state index in [1.54, 1.807) is 20.1 Å². The molecule has 1 heterocycles. The summed E-state index contributed by atoms with van der Waals surface area (Å²) in [6.07, 6.45) is 6.88. The lowest BCUT2D eigenvalue weighted by Gasteiger charge is -2.30. The second-order valence-electron chi connectivity index (χ2n) is 9.77. The first-order chi connectivity index (χ1) is 16.5. The number of anilines is 1. The van der Waals surface area contributed by atoms with Gasteiger partial charge in [-0.1, -0.05) is 0 Å². The maximum atomic E-state index is 14.3. The van der Waals surface area contributed by atoms with Gasteiger partial charge in [0.2, 0.25) is 5.91 Å². The fourth-order valence-electron chi connectivity index (χ4n) is 5.53. The maximum absolute atomic E-state index is 14.3. The summed E-state index contributed by atoms with van der Waals surface area (Å²) in [5.41, 5.74) is 3.58. The Balaban J connectivity index is 1.19. The molecule has 0 unspecified atom stereocenters. The van der Waals surface area contributed by atoms with Crippen molar-refractivity contribution in [3.8, 4) is 5.75 Å². The molecule has 2 saturated carbocycles. The number of aryl methyl sites for hydroxylation is 1. The van der Waals surface area contributed by atoms with E-state index >= 15 is 0 Å². The summed E-state index contributed by atoms with van der Waals surface area (Å²) in [6.45, 7) is 2.81. The molecule has 1 amide bonds. The Morgan fingerprint density at radius 2 is 1.91 bits per heavy atom. The molecule has 1 aromatic heterocycles. The molecule has 5 nitrogen and oxygen atoms in total. The van der Waals surface area contributed by atoms with Gasteiger partial charge in [0.05, 0.1) is 12.1 Å². The van der Waals surface area contributed by atoms with Crippen LogP contribution in [0.4, 0.5) is 10.1 Å². The average Bonchev–Trinajstić information content (AvgIpc) is 3.55. The molecule has 5 rings (SSSR count). The van der Waals surface area contributed by atoms with Gasteiger partial charge in [-0.2, -0.15) is 0 Å². The number of ether oxygens (including phenoxy) is 2. The van der Waals surface area contributed by atoms with Crippen LogP contribution in [0.1, 0.15) is 49.1 Å². The van der Waals surface area contributed by atoms with E-state index in [1.807, 2.05) is 42.6 Å². The van der Waals surface area contributed by atoms with Crippen LogP contribution >= 0.6 is 0 Å². The van der Waals surface area contributed by atoms with Crippen molar-refractivity contribution in [3.05, 3.63) is 65.6 Å². The highest BCUT2D eigenvalue weighted by molar-refractivity contribution is 5.95. The van der Waals surface area contributed by atoms with E-state index in [0.717, 1.165) is 54.4 Å². The predicted molar refractivity (Wildman–Crippen MR) is 131 cm³/mol. The second-order valence-corrected chi connectivity index (χ2v) is 9.77. The number of aromatic nitrogens is 1. The highest BCUT2D eigenvalue weighted by Crippen LogP contribution is 2.63. The Morgan fingerprint density at radius 1 is 1.15 bits per heavy atom. The van der Waals surface area contributed by atoms with Crippen LogP contribution in [0, 0.1) is 24.1 Å². The van der Waals surface area contributed by atoms with Gasteiger partial charge in [-0.3, -0.25) is 9.78 Å². The van der Waals surface area contributed by atoms with Crippen LogP contribution in [0.2, 0.25) is 0 Å². The van der Waals surface area contributed by atoms with Crippen LogP contribution in [0.15, 0.2) is 48.7 Å². The molecule has 178 valence electrons. The first-order valence-electron chi connectivity index (χ1n) is 12.1. The van der Waals surface area contributed by atoms with Gasteiger partial charge in [0.15, 0.2) is 0 Å². The van der Waals surface area contributed by atoms with E-state index in [2.05, 4.69) is 10.3 Å². The van der Waals surface area contributed by atoms with E-state index in [4.69, 9.17) is 9.47 Å². The van der Waals surface area contributed by atoms with Crippen molar-refractivity contribution in [2.24, 2.45) is 11.3 Å². The fourth-order valence-corrected chi connectivity index (χ4v) is 5.53. The number of carbonyl (C=O) groups excluding carboxylic acids is 1. The first-order valence-corrected chi connectivity index (χ1v) is 12.1. The molecule has 1 spiro atoms. The minimum absolute atomic E-state index is 0.0698. The SMILES string of the molecule is COCCOc1ccc(NC(=O)[C@H]2C[C@]23CC[C@H](c2ccnc4cc(C)c(F)cc42)CC3)cc1. The number of benzene rings is 2. The minimum Gasteiger partial charge on any atom is -0.491 e. The molecule has 34 heavy (non-hydrogen) atoms. The third-order valence-corrected chi connectivity index (χ3v) is 7.66. The van der Waals surface area contributed by atoms with Gasteiger partial charge in [0, 0.05) is 30.3 Å². The number of hydrogen-bond acceptors (Lipinski definition) is 4. The number of fused-ring (bicyclic) bond motifs is 1. The largest absolute Gasteiger partial charge is 0.491 e. The molecule has 0 saturated heterocycles. The lowest BCUT2D eigenvalue weighted by Crippen LogP contribution is -2.22. The summed E-state index contributed by atoms with van der Waals surface area (Å²) < 4.78 is 24.8. The predicted octanol–water partition coefficient (Wildman–Crippen LogP) is 6.01. The third kappa shape index (κ3) is 4.51. The van der Waals surface area contributed by atoms with Crippen molar-refractivity contribution in [2.75, 3.05) is 25.6 Å². The van der Waals surface area contributed by atoms with Gasteiger partial charge in [0.25, 0.3) is 0 Å². The molecule has 2 aromatic carbocycles. The highest BCUT2D eigenvalue weighted by atomic mass is 19.1. The molecule has 1 atom stereocenters. The lowest BCUT2D eigenvalue weighted by atomic mass is 9.75. The summed E-state index contributed by atoms with van der Waals surface area (Å²) in [5.74, 6) is 1.14. The zero-order chi connectivity index (χ0) is 23.7. The minimum atomic E-state index is -0.178. The van der Waals surface area contributed by atoms with Gasteiger partial charge in [0.1, 0.15) is 18.2 Å². The highest BCUT2D eigenvalue weighted by Gasteiger charge is 2.58. The molecule has 2 fully saturated rings. The van der Waals surface area contributed by atoms with Crippen LogP contribution in [0.25, 0.3) is 10.9 Å². The van der Waals surface area contributed by atoms with Gasteiger partial charge in [-0.25, -0.2) is 4.39 Å². The third-order valence-electron chi connectivity index (χ3n) is 7.66. The monoisotopic (exact) mass is 462 g/mol. The van der Waals surface area contributed by atoms with Crippen molar-refractivity contribution in [1.29, 1.82) is 0 Å². The van der Waals surface area contributed by atoms with Crippen molar-refractivity contribution in [2.45, 2.75) is 44.9 Å². The number of halogens is 1. The number of methoxy groups -OCH3 is 1. The zero-order valence-electron chi connectivity index (χ0n) is 19.8. The van der Waals surface area contributed by atoms with Gasteiger partial charge in [-0.15, -0.1) is 0 Å². The fraction of sp³-hybridized carbons (Fsp3) is 0.429. The van der Waals surface area contributed by atoms with Gasteiger partial charge in [-0.05, 0) is 104 Å². The number of carbonyl (C=O) groups is 1. The molecule has 6 heteroatoms. The van der Waals surface area contributed by atoms with E-state index in [-0.39, 0.29) is 23.1 Å². The molecule has 0 bridgehead atoms. The van der Waals surface area contributed by atoms with Crippen molar-refractivity contribution in [3.63, 3.8) is 0 Å². The summed E-state index contributed by atoms with van der Waals surface area (Å²) in [5, 5.41) is 4.00. The van der Waals surface area contributed by atoms with Crippen molar-refractivity contribution >= 4 is 22.5 Å². The van der Waals surface area contributed by atoms with Crippen molar-refractivity contribution in [1.82, 2.24) is 4.98 Å². The van der Waals surface area contributed by atoms with Gasteiger partial charge < -0.3 is 14.8 Å². The van der Waals surface area contributed by atoms with Crippen LogP contribution in [0.5, 0.6) is 5.75 Å². The Hall–Kier alpha value is -2.99. The summed E-state index contributed by atoms with van der Waals surface area (Å²) >= 11 is 0. The normalized spacial score (nSPS) is 23.7. The lowest BCUT2D eigenvalue weighted by molar-refractivity contribution is -0.118. The van der Waals surface area contributed by atoms with Crippen molar-refractivity contribution < 1.29 is 18.7 Å². The van der Waals surface area contributed by atoms with E-state index in [9.17, 15) is 9.18 Å². The molecular formula is C28H31FN2O3. The average molecular weight is 463 g/mol. The second kappa shape index (κ2) is 9.34. The standard InChI is InChI=1S/C28H31FN2O3/c1-18-15-26-23(16-25(18)29)22(9-12-30-26)19-7-10-28(11-8-19)17-24(28)27(32)31-20-3-5-21(6-4-20)34-14-13-33-2/h3-6,9,12,15-16,19,24H,7-8,10-11,13-14,17H2,1-2H3,(H,31,32)/t19-,24-,28+/m1/s1. The number of hydrogen-bond donors (Lipinski definition) is 1. The molecule has 2 aliphatic carbocycles. The van der Waals surface area contributed by atoms with E-state index in [1.165, 1.54) is 5.56 Å². The Labute approximate surface area is 199 Å². The number of amides is 1. The Bertz CT molecular complexity index is 1190. The summed E-state index contributed by atoms with van der Waals surface area (Å²) in [7, 11) is 1.64. The Kier molecular flexibility index (Phi) is 6.26. The summed E-state index contributed by atoms with van der Waals surface area (Å²) in [6, 6.07) is 13.0. The zero-order valence-corrected chi connectivity index (χ0v) is 19.8. The first kappa shape index (κ1) is 22.8.